The Kier molecular flexibility index (Phi) is 5.74. The SMILES string of the molecule is CC(C)N(Cc1cccnc1)C(=O)C1CCCCCC1N. The van der Waals surface area contributed by atoms with Gasteiger partial charge in [-0.3, -0.25) is 9.78 Å². The van der Waals surface area contributed by atoms with Gasteiger partial charge in [0.15, 0.2) is 0 Å². The van der Waals surface area contributed by atoms with E-state index in [0.29, 0.717) is 6.54 Å². The number of rotatable bonds is 4. The molecule has 1 saturated carbocycles. The van der Waals surface area contributed by atoms with Gasteiger partial charge in [0.2, 0.25) is 5.91 Å². The number of hydrogen-bond acceptors (Lipinski definition) is 3. The van der Waals surface area contributed by atoms with Crippen molar-refractivity contribution >= 4 is 5.91 Å². The summed E-state index contributed by atoms with van der Waals surface area (Å²) in [5, 5.41) is 0. The normalized spacial score (nSPS) is 22.9. The Morgan fingerprint density at radius 2 is 2.14 bits per heavy atom. The van der Waals surface area contributed by atoms with Crippen molar-refractivity contribution in [2.24, 2.45) is 11.7 Å². The fourth-order valence-electron chi connectivity index (χ4n) is 3.06. The maximum atomic E-state index is 12.9. The smallest absolute Gasteiger partial charge is 0.227 e. The van der Waals surface area contributed by atoms with Gasteiger partial charge in [0.1, 0.15) is 0 Å². The third kappa shape index (κ3) is 4.27. The van der Waals surface area contributed by atoms with Crippen molar-refractivity contribution in [2.45, 2.75) is 64.6 Å². The number of pyridine rings is 1. The highest BCUT2D eigenvalue weighted by atomic mass is 16.2. The predicted molar refractivity (Wildman–Crippen MR) is 84.5 cm³/mol. The lowest BCUT2D eigenvalue weighted by atomic mass is 9.93. The lowest BCUT2D eigenvalue weighted by Crippen LogP contribution is -2.46. The van der Waals surface area contributed by atoms with Crippen molar-refractivity contribution in [3.63, 3.8) is 0 Å². The van der Waals surface area contributed by atoms with Gasteiger partial charge >= 0.3 is 0 Å². The zero-order valence-corrected chi connectivity index (χ0v) is 13.2. The molecule has 0 saturated heterocycles. The zero-order valence-electron chi connectivity index (χ0n) is 13.2. The predicted octanol–water partition coefficient (Wildman–Crippen LogP) is 2.73. The molecule has 1 aromatic heterocycles. The largest absolute Gasteiger partial charge is 0.336 e. The standard InChI is InChI=1S/C17H27N3O/c1-13(2)20(12-14-7-6-10-19-11-14)17(21)15-8-4-3-5-9-16(15)18/h6-7,10-11,13,15-16H,3-5,8-9,12,18H2,1-2H3. The topological polar surface area (TPSA) is 59.2 Å². The van der Waals surface area contributed by atoms with Crippen LogP contribution in [0.1, 0.15) is 51.5 Å². The molecule has 0 aliphatic heterocycles. The summed E-state index contributed by atoms with van der Waals surface area (Å²) >= 11 is 0. The van der Waals surface area contributed by atoms with Gasteiger partial charge < -0.3 is 10.6 Å². The molecule has 2 unspecified atom stereocenters. The van der Waals surface area contributed by atoms with Crippen LogP contribution in [0.2, 0.25) is 0 Å². The molecule has 2 N–H and O–H groups in total. The summed E-state index contributed by atoms with van der Waals surface area (Å²) in [6.45, 7) is 4.75. The van der Waals surface area contributed by atoms with Crippen LogP contribution in [0, 0.1) is 5.92 Å². The first kappa shape index (κ1) is 16.0. The second kappa shape index (κ2) is 7.55. The molecule has 0 spiro atoms. The average Bonchev–Trinajstić information content (AvgIpc) is 2.69. The number of carbonyl (C=O) groups is 1. The van der Waals surface area contributed by atoms with Crippen molar-refractivity contribution in [2.75, 3.05) is 0 Å². The van der Waals surface area contributed by atoms with Crippen molar-refractivity contribution < 1.29 is 4.79 Å². The maximum absolute atomic E-state index is 12.9. The van der Waals surface area contributed by atoms with Crippen LogP contribution in [0.4, 0.5) is 0 Å². The number of nitrogens with two attached hydrogens (primary N) is 1. The number of amides is 1. The number of hydrogen-bond donors (Lipinski definition) is 1. The van der Waals surface area contributed by atoms with Crippen LogP contribution in [-0.2, 0) is 11.3 Å². The fraction of sp³-hybridized carbons (Fsp3) is 0.647. The Morgan fingerprint density at radius 1 is 1.38 bits per heavy atom. The molecule has 4 heteroatoms. The minimum atomic E-state index is -0.0217. The van der Waals surface area contributed by atoms with Crippen LogP contribution in [0.3, 0.4) is 0 Å². The molecule has 1 amide bonds. The van der Waals surface area contributed by atoms with Crippen molar-refractivity contribution in [1.82, 2.24) is 9.88 Å². The zero-order chi connectivity index (χ0) is 15.2. The second-order valence-electron chi connectivity index (χ2n) is 6.33. The summed E-state index contributed by atoms with van der Waals surface area (Å²) in [6.07, 6.45) is 8.94. The van der Waals surface area contributed by atoms with Crippen LogP contribution >= 0.6 is 0 Å². The summed E-state index contributed by atoms with van der Waals surface area (Å²) < 4.78 is 0. The highest BCUT2D eigenvalue weighted by molar-refractivity contribution is 5.80. The molecule has 0 aromatic carbocycles. The van der Waals surface area contributed by atoms with E-state index in [-0.39, 0.29) is 23.9 Å². The van der Waals surface area contributed by atoms with Crippen LogP contribution in [0.5, 0.6) is 0 Å². The van der Waals surface area contributed by atoms with Gasteiger partial charge in [0.05, 0.1) is 5.92 Å². The maximum Gasteiger partial charge on any atom is 0.227 e. The number of aromatic nitrogens is 1. The Hall–Kier alpha value is -1.42. The third-order valence-electron chi connectivity index (χ3n) is 4.37. The van der Waals surface area contributed by atoms with Gasteiger partial charge in [-0.2, -0.15) is 0 Å². The van der Waals surface area contributed by atoms with Gasteiger partial charge in [-0.15, -0.1) is 0 Å². The van der Waals surface area contributed by atoms with E-state index in [2.05, 4.69) is 18.8 Å². The van der Waals surface area contributed by atoms with Crippen LogP contribution < -0.4 is 5.73 Å². The molecule has 0 radical (unpaired) electrons. The lowest BCUT2D eigenvalue weighted by molar-refractivity contribution is -0.138. The number of carbonyl (C=O) groups excluding carboxylic acids is 1. The van der Waals surface area contributed by atoms with E-state index in [1.54, 1.807) is 6.20 Å². The molecule has 21 heavy (non-hydrogen) atoms. The van der Waals surface area contributed by atoms with E-state index in [1.165, 1.54) is 6.42 Å². The second-order valence-corrected chi connectivity index (χ2v) is 6.33. The molecule has 2 rings (SSSR count). The Balaban J connectivity index is 2.11. The molecule has 0 bridgehead atoms. The fourth-order valence-corrected chi connectivity index (χ4v) is 3.06. The highest BCUT2D eigenvalue weighted by Gasteiger charge is 2.31. The molecule has 116 valence electrons. The quantitative estimate of drug-likeness (QED) is 0.867. The minimum Gasteiger partial charge on any atom is -0.336 e. The average molecular weight is 289 g/mol. The molecule has 4 nitrogen and oxygen atoms in total. The first-order chi connectivity index (χ1) is 10.1. The summed E-state index contributed by atoms with van der Waals surface area (Å²) in [4.78, 5) is 19.0. The summed E-state index contributed by atoms with van der Waals surface area (Å²) in [5.74, 6) is 0.190. The van der Waals surface area contributed by atoms with E-state index in [9.17, 15) is 4.79 Å². The lowest BCUT2D eigenvalue weighted by Gasteiger charge is -2.32. The molecule has 1 aliphatic rings. The summed E-state index contributed by atoms with van der Waals surface area (Å²) in [7, 11) is 0. The third-order valence-corrected chi connectivity index (χ3v) is 4.37. The van der Waals surface area contributed by atoms with Crippen molar-refractivity contribution in [1.29, 1.82) is 0 Å². The molecule has 1 heterocycles. The van der Waals surface area contributed by atoms with Crippen LogP contribution in [-0.4, -0.2) is 27.9 Å². The van der Waals surface area contributed by atoms with E-state index in [0.717, 1.165) is 31.2 Å². The molecule has 2 atom stereocenters. The molecule has 1 aliphatic carbocycles. The summed E-state index contributed by atoms with van der Waals surface area (Å²) in [6, 6.07) is 4.11. The van der Waals surface area contributed by atoms with E-state index in [4.69, 9.17) is 5.73 Å². The monoisotopic (exact) mass is 289 g/mol. The molecule has 1 fully saturated rings. The molecule has 1 aromatic rings. The Labute approximate surface area is 127 Å². The van der Waals surface area contributed by atoms with E-state index < -0.39 is 0 Å². The van der Waals surface area contributed by atoms with Gasteiger partial charge in [0, 0.05) is 31.0 Å². The summed E-state index contributed by atoms with van der Waals surface area (Å²) in [5.41, 5.74) is 7.32. The van der Waals surface area contributed by atoms with Crippen LogP contribution in [0.25, 0.3) is 0 Å². The number of nitrogens with zero attached hydrogens (tertiary/aromatic N) is 2. The van der Waals surface area contributed by atoms with Crippen LogP contribution in [0.15, 0.2) is 24.5 Å². The minimum absolute atomic E-state index is 0.00940. The molecular formula is C17H27N3O. The van der Waals surface area contributed by atoms with Gasteiger partial charge in [0.25, 0.3) is 0 Å². The Bertz CT molecular complexity index is 447. The van der Waals surface area contributed by atoms with Crippen molar-refractivity contribution in [3.05, 3.63) is 30.1 Å². The van der Waals surface area contributed by atoms with E-state index in [1.807, 2.05) is 23.2 Å². The van der Waals surface area contributed by atoms with Gasteiger partial charge in [-0.25, -0.2) is 0 Å². The first-order valence-electron chi connectivity index (χ1n) is 8.04. The first-order valence-corrected chi connectivity index (χ1v) is 8.04. The van der Waals surface area contributed by atoms with Gasteiger partial charge in [-0.1, -0.05) is 25.3 Å². The Morgan fingerprint density at radius 3 is 2.81 bits per heavy atom. The highest BCUT2D eigenvalue weighted by Crippen LogP contribution is 2.25. The molecular weight excluding hydrogens is 262 g/mol. The van der Waals surface area contributed by atoms with Gasteiger partial charge in [-0.05, 0) is 38.3 Å². The van der Waals surface area contributed by atoms with E-state index >= 15 is 0 Å². The van der Waals surface area contributed by atoms with Crippen molar-refractivity contribution in [3.8, 4) is 0 Å².